The predicted molar refractivity (Wildman–Crippen MR) is 123 cm³/mol. The molecule has 158 valence electrons. The van der Waals surface area contributed by atoms with Gasteiger partial charge in [0.05, 0.1) is 17.1 Å². The van der Waals surface area contributed by atoms with E-state index in [0.717, 1.165) is 43.0 Å². The van der Waals surface area contributed by atoms with Crippen LogP contribution >= 0.6 is 12.2 Å². The molecule has 0 bridgehead atoms. The fraction of sp³-hybridized carbons (Fsp3) is 0.273. The molecule has 1 fully saturated rings. The molecule has 0 saturated carbocycles. The maximum atomic E-state index is 10.9. The predicted octanol–water partition coefficient (Wildman–Crippen LogP) is 4.01. The number of pyridine rings is 1. The lowest BCUT2D eigenvalue weighted by Crippen LogP contribution is -2.46. The first-order valence-corrected chi connectivity index (χ1v) is 10.6. The molecule has 9 heteroatoms. The molecule has 2 aromatic heterocycles. The molecule has 0 unspecified atom stereocenters. The van der Waals surface area contributed by atoms with Gasteiger partial charge in [-0.1, -0.05) is 18.2 Å². The zero-order chi connectivity index (χ0) is 21.5. The van der Waals surface area contributed by atoms with Gasteiger partial charge in [0.1, 0.15) is 0 Å². The smallest absolute Gasteiger partial charge is 0.269 e. The third-order valence-electron chi connectivity index (χ3n) is 5.91. The van der Waals surface area contributed by atoms with E-state index in [1.165, 1.54) is 10.9 Å². The van der Waals surface area contributed by atoms with E-state index in [4.69, 9.17) is 17.3 Å². The van der Waals surface area contributed by atoms with Crippen molar-refractivity contribution in [2.75, 3.05) is 31.1 Å². The van der Waals surface area contributed by atoms with Crippen LogP contribution in [0.3, 0.4) is 0 Å². The number of nitro benzene ring substituents is 1. The molecule has 8 nitrogen and oxygen atoms in total. The Labute approximate surface area is 184 Å². The Balaban J connectivity index is 1.33. The van der Waals surface area contributed by atoms with E-state index in [1.807, 2.05) is 33.3 Å². The van der Waals surface area contributed by atoms with Crippen LogP contribution in [0.4, 0.5) is 11.4 Å². The minimum absolute atomic E-state index is 0.117. The van der Waals surface area contributed by atoms with Gasteiger partial charge >= 0.3 is 0 Å². The number of aryl methyl sites for hydroxylation is 1. The van der Waals surface area contributed by atoms with Gasteiger partial charge in [0.25, 0.3) is 5.69 Å². The fourth-order valence-corrected chi connectivity index (χ4v) is 4.52. The van der Waals surface area contributed by atoms with Crippen molar-refractivity contribution >= 4 is 40.1 Å². The first-order chi connectivity index (χ1) is 15.0. The quantitative estimate of drug-likeness (QED) is 0.275. The van der Waals surface area contributed by atoms with Gasteiger partial charge in [0.15, 0.2) is 5.65 Å². The maximum Gasteiger partial charge on any atom is 0.269 e. The highest BCUT2D eigenvalue weighted by atomic mass is 32.1. The molecule has 0 aliphatic carbocycles. The van der Waals surface area contributed by atoms with Gasteiger partial charge in [-0.25, -0.2) is 4.68 Å². The van der Waals surface area contributed by atoms with Crippen LogP contribution in [0.15, 0.2) is 54.6 Å². The summed E-state index contributed by atoms with van der Waals surface area (Å²) in [6.07, 6.45) is 0. The van der Waals surface area contributed by atoms with Crippen molar-refractivity contribution in [3.05, 3.63) is 75.0 Å². The molecule has 3 heterocycles. The third kappa shape index (κ3) is 3.55. The topological polar surface area (TPSA) is 71.8 Å². The largest absolute Gasteiger partial charge is 0.369 e. The number of non-ortho nitro benzene ring substituents is 1. The fourth-order valence-electron chi connectivity index (χ4n) is 4.23. The number of nitrogens with zero attached hydrogens (tertiary/aromatic N) is 6. The number of piperazine rings is 1. The Kier molecular flexibility index (Phi) is 4.91. The minimum Gasteiger partial charge on any atom is -0.369 e. The number of benzene rings is 2. The summed E-state index contributed by atoms with van der Waals surface area (Å²) in [5.41, 5.74) is 4.26. The molecule has 2 aromatic carbocycles. The van der Waals surface area contributed by atoms with Crippen LogP contribution in [-0.2, 0) is 6.67 Å². The molecular weight excluding hydrogens is 412 g/mol. The van der Waals surface area contributed by atoms with E-state index in [0.29, 0.717) is 11.4 Å². The van der Waals surface area contributed by atoms with E-state index in [2.05, 4.69) is 34.9 Å². The monoisotopic (exact) mass is 434 g/mol. The Morgan fingerprint density at radius 2 is 1.77 bits per heavy atom. The lowest BCUT2D eigenvalue weighted by atomic mass is 10.1. The van der Waals surface area contributed by atoms with Gasteiger partial charge in [-0.15, -0.1) is 0 Å². The van der Waals surface area contributed by atoms with Crippen molar-refractivity contribution in [3.8, 4) is 0 Å². The van der Waals surface area contributed by atoms with E-state index < -0.39 is 0 Å². The SMILES string of the molecule is Cc1cc2nn(CN3CCN(c4ccc([N+](=O)[O-])cc4)CC3)c(=S)n2c2ccccc12. The molecule has 0 N–H and O–H groups in total. The number of hydrogen-bond acceptors (Lipinski definition) is 6. The Bertz CT molecular complexity index is 1340. The third-order valence-corrected chi connectivity index (χ3v) is 6.31. The van der Waals surface area contributed by atoms with E-state index in [9.17, 15) is 10.1 Å². The average Bonchev–Trinajstić information content (AvgIpc) is 3.09. The summed E-state index contributed by atoms with van der Waals surface area (Å²) < 4.78 is 4.65. The van der Waals surface area contributed by atoms with Gasteiger partial charge < -0.3 is 4.90 Å². The standard InChI is InChI=1S/C22H22N6O2S/c1-16-14-21-23-26(22(31)27(21)20-5-3-2-4-19(16)20)15-24-10-12-25(13-11-24)17-6-8-18(9-7-17)28(29)30/h2-9,14H,10-13,15H2,1H3. The summed E-state index contributed by atoms with van der Waals surface area (Å²) >= 11 is 5.77. The maximum absolute atomic E-state index is 10.9. The number of hydrogen-bond donors (Lipinski definition) is 0. The molecular formula is C22H22N6O2S. The second-order valence-electron chi connectivity index (χ2n) is 7.84. The van der Waals surface area contributed by atoms with Crippen molar-refractivity contribution in [2.24, 2.45) is 0 Å². The van der Waals surface area contributed by atoms with Gasteiger partial charge in [-0.2, -0.15) is 5.10 Å². The number of fused-ring (bicyclic) bond motifs is 3. The number of para-hydroxylation sites is 1. The number of rotatable bonds is 4. The van der Waals surface area contributed by atoms with Crippen molar-refractivity contribution in [3.63, 3.8) is 0 Å². The van der Waals surface area contributed by atoms with E-state index in [1.54, 1.807) is 12.1 Å². The molecule has 0 amide bonds. The highest BCUT2D eigenvalue weighted by Crippen LogP contribution is 2.23. The van der Waals surface area contributed by atoms with Crippen LogP contribution in [0.1, 0.15) is 5.56 Å². The normalized spacial score (nSPS) is 15.1. The van der Waals surface area contributed by atoms with Crippen molar-refractivity contribution in [1.82, 2.24) is 19.1 Å². The van der Waals surface area contributed by atoms with Crippen LogP contribution in [-0.4, -0.2) is 50.2 Å². The van der Waals surface area contributed by atoms with Gasteiger partial charge in [-0.05, 0) is 49.0 Å². The minimum atomic E-state index is -0.370. The second-order valence-corrected chi connectivity index (χ2v) is 8.21. The number of nitro groups is 1. The molecule has 1 saturated heterocycles. The second kappa shape index (κ2) is 7.75. The van der Waals surface area contributed by atoms with Crippen LogP contribution in [0.5, 0.6) is 0 Å². The van der Waals surface area contributed by atoms with Crippen molar-refractivity contribution < 1.29 is 4.92 Å². The summed E-state index contributed by atoms with van der Waals surface area (Å²) in [7, 11) is 0. The van der Waals surface area contributed by atoms with E-state index >= 15 is 0 Å². The van der Waals surface area contributed by atoms with Crippen LogP contribution in [0.25, 0.3) is 16.6 Å². The molecule has 0 spiro atoms. The number of anilines is 1. The summed E-state index contributed by atoms with van der Waals surface area (Å²) in [4.78, 5) is 15.1. The first-order valence-electron chi connectivity index (χ1n) is 10.2. The summed E-state index contributed by atoms with van der Waals surface area (Å²) in [5.74, 6) is 0. The zero-order valence-corrected chi connectivity index (χ0v) is 18.0. The summed E-state index contributed by atoms with van der Waals surface area (Å²) in [6, 6.07) is 17.1. The Morgan fingerprint density at radius 3 is 2.48 bits per heavy atom. The molecule has 1 aliphatic heterocycles. The number of aromatic nitrogens is 3. The van der Waals surface area contributed by atoms with Crippen LogP contribution in [0.2, 0.25) is 0 Å². The zero-order valence-electron chi connectivity index (χ0n) is 17.1. The highest BCUT2D eigenvalue weighted by Gasteiger charge is 2.19. The first kappa shape index (κ1) is 19.7. The average molecular weight is 435 g/mol. The molecule has 31 heavy (non-hydrogen) atoms. The Hall–Kier alpha value is -3.30. The van der Waals surface area contributed by atoms with Gasteiger partial charge in [-0.3, -0.25) is 19.4 Å². The summed E-state index contributed by atoms with van der Waals surface area (Å²) in [5, 5.41) is 16.8. The van der Waals surface area contributed by atoms with Gasteiger partial charge in [0.2, 0.25) is 4.77 Å². The molecule has 1 aliphatic rings. The lowest BCUT2D eigenvalue weighted by molar-refractivity contribution is -0.384. The van der Waals surface area contributed by atoms with Crippen LogP contribution in [0, 0.1) is 21.8 Å². The van der Waals surface area contributed by atoms with Gasteiger partial charge in [0, 0.05) is 49.4 Å². The molecule has 0 atom stereocenters. The molecule has 4 aromatic rings. The summed E-state index contributed by atoms with van der Waals surface area (Å²) in [6.45, 7) is 6.17. The van der Waals surface area contributed by atoms with E-state index in [-0.39, 0.29) is 10.6 Å². The Morgan fingerprint density at radius 1 is 1.06 bits per heavy atom. The van der Waals surface area contributed by atoms with Crippen LogP contribution < -0.4 is 4.90 Å². The lowest BCUT2D eigenvalue weighted by Gasteiger charge is -2.35. The highest BCUT2D eigenvalue weighted by molar-refractivity contribution is 7.71. The van der Waals surface area contributed by atoms with Crippen molar-refractivity contribution in [1.29, 1.82) is 0 Å². The molecule has 5 rings (SSSR count). The van der Waals surface area contributed by atoms with Crippen molar-refractivity contribution in [2.45, 2.75) is 13.6 Å². The molecule has 0 radical (unpaired) electrons.